The standard InChI is InChI=1S/C16H16N2O2/c1-10-8-12(2-5-15(10)19)16(20)18-7-6-11-9-13(17)3-4-14(11)18/h2-5,8-9,19H,6-7,17H2,1H3. The number of anilines is 2. The van der Waals surface area contributed by atoms with Crippen molar-refractivity contribution in [1.29, 1.82) is 0 Å². The zero-order chi connectivity index (χ0) is 14.3. The zero-order valence-electron chi connectivity index (χ0n) is 11.3. The number of phenols is 1. The minimum absolute atomic E-state index is 0.0448. The smallest absolute Gasteiger partial charge is 0.258 e. The highest BCUT2D eigenvalue weighted by molar-refractivity contribution is 6.07. The van der Waals surface area contributed by atoms with Gasteiger partial charge in [-0.15, -0.1) is 0 Å². The fourth-order valence-corrected chi connectivity index (χ4v) is 2.58. The van der Waals surface area contributed by atoms with Gasteiger partial charge >= 0.3 is 0 Å². The Kier molecular flexibility index (Phi) is 2.86. The van der Waals surface area contributed by atoms with Gasteiger partial charge in [0.2, 0.25) is 0 Å². The summed E-state index contributed by atoms with van der Waals surface area (Å²) in [5, 5.41) is 9.54. The van der Waals surface area contributed by atoms with Crippen LogP contribution >= 0.6 is 0 Å². The van der Waals surface area contributed by atoms with E-state index in [2.05, 4.69) is 0 Å². The average Bonchev–Trinajstić information content (AvgIpc) is 2.84. The molecule has 0 fully saturated rings. The van der Waals surface area contributed by atoms with Crippen LogP contribution in [0, 0.1) is 6.92 Å². The van der Waals surface area contributed by atoms with E-state index in [-0.39, 0.29) is 11.7 Å². The van der Waals surface area contributed by atoms with Gasteiger partial charge in [-0.3, -0.25) is 4.79 Å². The molecular weight excluding hydrogens is 252 g/mol. The molecule has 1 amide bonds. The van der Waals surface area contributed by atoms with Gasteiger partial charge in [-0.05, 0) is 60.9 Å². The van der Waals surface area contributed by atoms with Crippen molar-refractivity contribution in [3.05, 3.63) is 53.1 Å². The van der Waals surface area contributed by atoms with Crippen LogP contribution in [0.2, 0.25) is 0 Å². The van der Waals surface area contributed by atoms with Gasteiger partial charge in [0.15, 0.2) is 0 Å². The highest BCUT2D eigenvalue weighted by Crippen LogP contribution is 2.31. The van der Waals surface area contributed by atoms with E-state index < -0.39 is 0 Å². The molecule has 3 rings (SSSR count). The van der Waals surface area contributed by atoms with Gasteiger partial charge in [0.25, 0.3) is 5.91 Å². The number of amides is 1. The fourth-order valence-electron chi connectivity index (χ4n) is 2.58. The van der Waals surface area contributed by atoms with E-state index >= 15 is 0 Å². The molecule has 20 heavy (non-hydrogen) atoms. The molecule has 0 spiro atoms. The lowest BCUT2D eigenvalue weighted by Crippen LogP contribution is -2.28. The monoisotopic (exact) mass is 268 g/mol. The number of carbonyl (C=O) groups excluding carboxylic acids is 1. The second-order valence-corrected chi connectivity index (χ2v) is 5.10. The number of nitrogens with zero attached hydrogens (tertiary/aromatic N) is 1. The van der Waals surface area contributed by atoms with Crippen molar-refractivity contribution in [2.75, 3.05) is 17.2 Å². The van der Waals surface area contributed by atoms with Gasteiger partial charge in [0.1, 0.15) is 5.75 Å². The van der Waals surface area contributed by atoms with Crippen LogP contribution in [0.3, 0.4) is 0 Å². The first-order valence-corrected chi connectivity index (χ1v) is 6.56. The second-order valence-electron chi connectivity index (χ2n) is 5.10. The summed E-state index contributed by atoms with van der Waals surface area (Å²) >= 11 is 0. The maximum Gasteiger partial charge on any atom is 0.258 e. The SMILES string of the molecule is Cc1cc(C(=O)N2CCc3cc(N)ccc32)ccc1O. The van der Waals surface area contributed by atoms with E-state index in [4.69, 9.17) is 5.73 Å². The molecule has 0 bridgehead atoms. The predicted molar refractivity (Wildman–Crippen MR) is 79.1 cm³/mol. The maximum absolute atomic E-state index is 12.6. The van der Waals surface area contributed by atoms with Gasteiger partial charge in [0.05, 0.1) is 0 Å². The Hall–Kier alpha value is -2.49. The topological polar surface area (TPSA) is 66.6 Å². The van der Waals surface area contributed by atoms with Crippen LogP contribution in [-0.2, 0) is 6.42 Å². The predicted octanol–water partition coefficient (Wildman–Crippen LogP) is 2.49. The normalized spacial score (nSPS) is 13.3. The number of aromatic hydroxyl groups is 1. The van der Waals surface area contributed by atoms with Crippen molar-refractivity contribution in [1.82, 2.24) is 0 Å². The number of aryl methyl sites for hydroxylation is 1. The lowest BCUT2D eigenvalue weighted by atomic mass is 10.1. The fraction of sp³-hybridized carbons (Fsp3) is 0.188. The number of fused-ring (bicyclic) bond motifs is 1. The molecule has 1 heterocycles. The number of nitrogen functional groups attached to an aromatic ring is 1. The summed E-state index contributed by atoms with van der Waals surface area (Å²) < 4.78 is 0. The summed E-state index contributed by atoms with van der Waals surface area (Å²) in [7, 11) is 0. The molecule has 4 nitrogen and oxygen atoms in total. The number of nitrogens with two attached hydrogens (primary N) is 1. The number of hydrogen-bond donors (Lipinski definition) is 2. The van der Waals surface area contributed by atoms with E-state index in [0.717, 1.165) is 23.4 Å². The van der Waals surface area contributed by atoms with Gasteiger partial charge in [-0.25, -0.2) is 0 Å². The summed E-state index contributed by atoms with van der Waals surface area (Å²) in [6.45, 7) is 2.45. The number of rotatable bonds is 1. The average molecular weight is 268 g/mol. The van der Waals surface area contributed by atoms with E-state index in [0.29, 0.717) is 17.7 Å². The number of benzene rings is 2. The third-order valence-corrected chi connectivity index (χ3v) is 3.69. The van der Waals surface area contributed by atoms with Crippen molar-refractivity contribution >= 4 is 17.3 Å². The largest absolute Gasteiger partial charge is 0.508 e. The molecule has 0 aliphatic carbocycles. The Morgan fingerprint density at radius 3 is 2.80 bits per heavy atom. The van der Waals surface area contributed by atoms with Gasteiger partial charge < -0.3 is 15.7 Å². The minimum Gasteiger partial charge on any atom is -0.508 e. The molecule has 0 unspecified atom stereocenters. The summed E-state index contributed by atoms with van der Waals surface area (Å²) in [4.78, 5) is 14.3. The highest BCUT2D eigenvalue weighted by Gasteiger charge is 2.25. The molecule has 0 atom stereocenters. The van der Waals surface area contributed by atoms with Crippen LogP contribution in [0.1, 0.15) is 21.5 Å². The summed E-state index contributed by atoms with van der Waals surface area (Å²) in [5.74, 6) is 0.160. The number of hydrogen-bond acceptors (Lipinski definition) is 3. The highest BCUT2D eigenvalue weighted by atomic mass is 16.3. The summed E-state index contributed by atoms with van der Waals surface area (Å²) in [5.41, 5.74) is 9.81. The lowest BCUT2D eigenvalue weighted by Gasteiger charge is -2.18. The zero-order valence-corrected chi connectivity index (χ0v) is 11.3. The molecule has 3 N–H and O–H groups in total. The van der Waals surface area contributed by atoms with Crippen LogP contribution < -0.4 is 10.6 Å². The third kappa shape index (κ3) is 1.99. The first kappa shape index (κ1) is 12.5. The van der Waals surface area contributed by atoms with Crippen LogP contribution in [0.15, 0.2) is 36.4 Å². The molecule has 0 radical (unpaired) electrons. The Morgan fingerprint density at radius 2 is 2.05 bits per heavy atom. The molecule has 1 aliphatic heterocycles. The van der Waals surface area contributed by atoms with Gasteiger partial charge in [-0.1, -0.05) is 0 Å². The first-order valence-electron chi connectivity index (χ1n) is 6.56. The van der Waals surface area contributed by atoms with Crippen molar-refractivity contribution < 1.29 is 9.90 Å². The second kappa shape index (κ2) is 4.56. The minimum atomic E-state index is -0.0448. The third-order valence-electron chi connectivity index (χ3n) is 3.69. The van der Waals surface area contributed by atoms with Crippen LogP contribution in [0.4, 0.5) is 11.4 Å². The lowest BCUT2D eigenvalue weighted by molar-refractivity contribution is 0.0989. The van der Waals surface area contributed by atoms with E-state index in [1.165, 1.54) is 0 Å². The molecule has 0 aromatic heterocycles. The maximum atomic E-state index is 12.6. The summed E-state index contributed by atoms with van der Waals surface area (Å²) in [6.07, 6.45) is 0.823. The summed E-state index contributed by atoms with van der Waals surface area (Å²) in [6, 6.07) is 10.6. The first-order chi connectivity index (χ1) is 9.56. The van der Waals surface area contributed by atoms with Crippen LogP contribution in [0.25, 0.3) is 0 Å². The molecule has 0 saturated carbocycles. The molecular formula is C16H16N2O2. The van der Waals surface area contributed by atoms with Crippen molar-refractivity contribution in [3.63, 3.8) is 0 Å². The van der Waals surface area contributed by atoms with E-state index in [9.17, 15) is 9.90 Å². The van der Waals surface area contributed by atoms with Gasteiger partial charge in [-0.2, -0.15) is 0 Å². The Labute approximate surface area is 117 Å². The number of phenolic OH excluding ortho intramolecular Hbond substituents is 1. The van der Waals surface area contributed by atoms with Gasteiger partial charge in [0, 0.05) is 23.5 Å². The Morgan fingerprint density at radius 1 is 1.25 bits per heavy atom. The Bertz CT molecular complexity index is 695. The molecule has 0 saturated heterocycles. The molecule has 102 valence electrons. The van der Waals surface area contributed by atoms with Crippen LogP contribution in [-0.4, -0.2) is 17.6 Å². The number of carbonyl (C=O) groups is 1. The molecule has 2 aromatic carbocycles. The molecule has 2 aromatic rings. The Balaban J connectivity index is 1.95. The molecule has 1 aliphatic rings. The van der Waals surface area contributed by atoms with Crippen molar-refractivity contribution in [2.24, 2.45) is 0 Å². The van der Waals surface area contributed by atoms with E-state index in [1.54, 1.807) is 30.0 Å². The van der Waals surface area contributed by atoms with Crippen molar-refractivity contribution in [3.8, 4) is 5.75 Å². The molecule has 4 heteroatoms. The van der Waals surface area contributed by atoms with E-state index in [1.807, 2.05) is 18.2 Å². The van der Waals surface area contributed by atoms with Crippen LogP contribution in [0.5, 0.6) is 5.75 Å². The quantitative estimate of drug-likeness (QED) is 0.781. The van der Waals surface area contributed by atoms with Crippen molar-refractivity contribution in [2.45, 2.75) is 13.3 Å².